The van der Waals surface area contributed by atoms with Crippen LogP contribution < -0.4 is 0 Å². The van der Waals surface area contributed by atoms with E-state index in [0.717, 1.165) is 0 Å². The van der Waals surface area contributed by atoms with E-state index in [1.54, 1.807) is 12.1 Å². The monoisotopic (exact) mass is 508 g/mol. The fourth-order valence-electron chi connectivity index (χ4n) is 4.99. The van der Waals surface area contributed by atoms with E-state index in [9.17, 15) is 17.6 Å². The second-order valence-corrected chi connectivity index (χ2v) is 11.3. The second-order valence-electron chi connectivity index (χ2n) is 8.92. The highest BCUT2D eigenvalue weighted by Gasteiger charge is 2.50. The van der Waals surface area contributed by atoms with Gasteiger partial charge in [0.2, 0.25) is 15.8 Å². The van der Waals surface area contributed by atoms with Crippen molar-refractivity contribution in [3.63, 3.8) is 0 Å². The van der Waals surface area contributed by atoms with Crippen LogP contribution in [-0.2, 0) is 25.3 Å². The standard InChI is InChI=1S/C24H26ClFN2O5S/c25-19-3-6-21-22(15-19)34(30,31)28(16-24(21)32-13-14-33-24)12-11-27-9-7-18(8-10-27)23(29)17-1-4-20(26)5-2-17/h1-6,15,18H,7-14,16H2. The number of fused-ring (bicyclic) bond motifs is 2. The zero-order valence-electron chi connectivity index (χ0n) is 18.6. The fourth-order valence-corrected chi connectivity index (χ4v) is 6.94. The molecule has 7 nitrogen and oxygen atoms in total. The highest BCUT2D eigenvalue weighted by Crippen LogP contribution is 2.42. The number of carbonyl (C=O) groups excluding carboxylic acids is 1. The lowest BCUT2D eigenvalue weighted by Gasteiger charge is -2.40. The Labute approximate surface area is 203 Å². The van der Waals surface area contributed by atoms with Gasteiger partial charge in [-0.15, -0.1) is 0 Å². The molecule has 2 aromatic carbocycles. The number of halogens is 2. The number of ether oxygens (including phenoxy) is 2. The van der Waals surface area contributed by atoms with Gasteiger partial charge in [0.05, 0.1) is 24.7 Å². The predicted molar refractivity (Wildman–Crippen MR) is 124 cm³/mol. The van der Waals surface area contributed by atoms with Crippen LogP contribution in [-0.4, -0.2) is 69.3 Å². The Morgan fingerprint density at radius 2 is 1.74 bits per heavy atom. The van der Waals surface area contributed by atoms with Crippen LogP contribution >= 0.6 is 11.6 Å². The topological polar surface area (TPSA) is 76.2 Å². The van der Waals surface area contributed by atoms with Crippen LogP contribution in [0.1, 0.15) is 28.8 Å². The molecule has 10 heteroatoms. The van der Waals surface area contributed by atoms with Crippen LogP contribution in [0.3, 0.4) is 0 Å². The van der Waals surface area contributed by atoms with E-state index < -0.39 is 15.8 Å². The highest BCUT2D eigenvalue weighted by molar-refractivity contribution is 7.89. The highest BCUT2D eigenvalue weighted by atomic mass is 35.5. The molecule has 2 saturated heterocycles. The summed E-state index contributed by atoms with van der Waals surface area (Å²) >= 11 is 6.12. The van der Waals surface area contributed by atoms with Crippen molar-refractivity contribution in [2.24, 2.45) is 5.92 Å². The van der Waals surface area contributed by atoms with Crippen LogP contribution in [0, 0.1) is 11.7 Å². The number of benzene rings is 2. The van der Waals surface area contributed by atoms with Crippen LogP contribution in [0.25, 0.3) is 0 Å². The molecule has 2 aromatic rings. The largest absolute Gasteiger partial charge is 0.342 e. The van der Waals surface area contributed by atoms with E-state index in [1.165, 1.54) is 34.6 Å². The first-order valence-corrected chi connectivity index (χ1v) is 13.2. The minimum atomic E-state index is -3.76. The third-order valence-corrected chi connectivity index (χ3v) is 8.98. The molecule has 1 spiro atoms. The number of nitrogens with zero attached hydrogens (tertiary/aromatic N) is 2. The molecular weight excluding hydrogens is 483 g/mol. The van der Waals surface area contributed by atoms with Crippen molar-refractivity contribution in [3.05, 3.63) is 64.4 Å². The fraction of sp³-hybridized carbons (Fsp3) is 0.458. The Bertz CT molecular complexity index is 1180. The number of likely N-dealkylation sites (tertiary alicyclic amines) is 1. The molecule has 34 heavy (non-hydrogen) atoms. The molecule has 0 aromatic heterocycles. The van der Waals surface area contributed by atoms with Crippen LogP contribution in [0.4, 0.5) is 4.39 Å². The Hall–Kier alpha value is -1.88. The van der Waals surface area contributed by atoms with E-state index >= 15 is 0 Å². The lowest BCUT2D eigenvalue weighted by atomic mass is 9.89. The summed E-state index contributed by atoms with van der Waals surface area (Å²) in [7, 11) is -3.76. The van der Waals surface area contributed by atoms with Gasteiger partial charge in [-0.2, -0.15) is 4.31 Å². The minimum Gasteiger partial charge on any atom is -0.342 e. The zero-order chi connectivity index (χ0) is 23.9. The number of Topliss-reactive ketones (excluding diaryl/α,β-unsaturated/α-hetero) is 1. The Kier molecular flexibility index (Phi) is 6.52. The summed E-state index contributed by atoms with van der Waals surface area (Å²) in [5.41, 5.74) is 1.02. The van der Waals surface area contributed by atoms with Crippen molar-refractivity contribution in [1.82, 2.24) is 9.21 Å². The maximum absolute atomic E-state index is 13.4. The first kappa shape index (κ1) is 23.8. The summed E-state index contributed by atoms with van der Waals surface area (Å²) in [6.07, 6.45) is 1.36. The first-order chi connectivity index (χ1) is 16.3. The van der Waals surface area contributed by atoms with E-state index in [2.05, 4.69) is 4.90 Å². The number of sulfonamides is 1. The summed E-state index contributed by atoms with van der Waals surface area (Å²) in [6.45, 7) is 3.06. The van der Waals surface area contributed by atoms with Crippen molar-refractivity contribution in [1.29, 1.82) is 0 Å². The summed E-state index contributed by atoms with van der Waals surface area (Å²) in [6, 6.07) is 10.4. The SMILES string of the molecule is O=C(c1ccc(F)cc1)C1CCN(CCN2CC3(OCCO3)c3ccc(Cl)cc3S2(=O)=O)CC1. The molecule has 0 atom stereocenters. The summed E-state index contributed by atoms with van der Waals surface area (Å²) < 4.78 is 53.1. The van der Waals surface area contributed by atoms with Gasteiger partial charge in [0.15, 0.2) is 5.78 Å². The van der Waals surface area contributed by atoms with Gasteiger partial charge < -0.3 is 14.4 Å². The third-order valence-electron chi connectivity index (χ3n) is 6.86. The van der Waals surface area contributed by atoms with Gasteiger partial charge in [-0.05, 0) is 62.3 Å². The number of hydrogen-bond donors (Lipinski definition) is 0. The van der Waals surface area contributed by atoms with Gasteiger partial charge in [0.1, 0.15) is 5.82 Å². The quantitative estimate of drug-likeness (QED) is 0.577. The molecule has 0 amide bonds. The number of hydrogen-bond acceptors (Lipinski definition) is 6. The number of ketones is 1. The molecule has 0 N–H and O–H groups in total. The molecule has 0 bridgehead atoms. The zero-order valence-corrected chi connectivity index (χ0v) is 20.2. The predicted octanol–water partition coefficient (Wildman–Crippen LogP) is 3.28. The summed E-state index contributed by atoms with van der Waals surface area (Å²) in [5, 5.41) is 0.338. The van der Waals surface area contributed by atoms with Crippen molar-refractivity contribution in [2.45, 2.75) is 23.5 Å². The maximum Gasteiger partial charge on any atom is 0.243 e. The number of rotatable bonds is 5. The van der Waals surface area contributed by atoms with Gasteiger partial charge in [-0.25, -0.2) is 12.8 Å². The smallest absolute Gasteiger partial charge is 0.243 e. The van der Waals surface area contributed by atoms with Gasteiger partial charge in [0.25, 0.3) is 0 Å². The van der Waals surface area contributed by atoms with E-state index in [0.29, 0.717) is 61.8 Å². The second kappa shape index (κ2) is 9.29. The van der Waals surface area contributed by atoms with E-state index in [-0.39, 0.29) is 35.5 Å². The Balaban J connectivity index is 1.24. The van der Waals surface area contributed by atoms with Gasteiger partial charge >= 0.3 is 0 Å². The Morgan fingerprint density at radius 1 is 1.06 bits per heavy atom. The van der Waals surface area contributed by atoms with Crippen molar-refractivity contribution >= 4 is 27.4 Å². The molecule has 3 aliphatic rings. The number of piperidine rings is 1. The first-order valence-electron chi connectivity index (χ1n) is 11.4. The normalized spacial score (nSPS) is 22.6. The molecule has 3 heterocycles. The maximum atomic E-state index is 13.4. The average molecular weight is 509 g/mol. The van der Waals surface area contributed by atoms with E-state index in [4.69, 9.17) is 21.1 Å². The summed E-state index contributed by atoms with van der Waals surface area (Å²) in [5.74, 6) is -1.55. The van der Waals surface area contributed by atoms with Crippen LogP contribution in [0.5, 0.6) is 0 Å². The van der Waals surface area contributed by atoms with Crippen molar-refractivity contribution in [2.75, 3.05) is 45.9 Å². The molecule has 3 aliphatic heterocycles. The molecule has 182 valence electrons. The van der Waals surface area contributed by atoms with Gasteiger partial charge in [0, 0.05) is 35.2 Å². The third kappa shape index (κ3) is 4.41. The van der Waals surface area contributed by atoms with Crippen LogP contribution in [0.15, 0.2) is 47.4 Å². The molecule has 0 radical (unpaired) electrons. The minimum absolute atomic E-state index is 0.0317. The average Bonchev–Trinajstić information content (AvgIpc) is 3.30. The molecular formula is C24H26ClFN2O5S. The summed E-state index contributed by atoms with van der Waals surface area (Å²) in [4.78, 5) is 15.0. The Morgan fingerprint density at radius 3 is 2.41 bits per heavy atom. The lowest BCUT2D eigenvalue weighted by molar-refractivity contribution is -0.176. The molecule has 0 saturated carbocycles. The number of carbonyl (C=O) groups is 1. The van der Waals surface area contributed by atoms with E-state index in [1.807, 2.05) is 0 Å². The van der Waals surface area contributed by atoms with Gasteiger partial charge in [-0.3, -0.25) is 4.79 Å². The molecule has 2 fully saturated rings. The molecule has 0 aliphatic carbocycles. The van der Waals surface area contributed by atoms with Crippen molar-refractivity contribution < 1.29 is 27.1 Å². The van der Waals surface area contributed by atoms with Gasteiger partial charge in [-0.1, -0.05) is 17.7 Å². The van der Waals surface area contributed by atoms with Crippen molar-refractivity contribution in [3.8, 4) is 0 Å². The lowest BCUT2D eigenvalue weighted by Crippen LogP contribution is -2.52. The molecule has 5 rings (SSSR count). The van der Waals surface area contributed by atoms with Crippen LogP contribution in [0.2, 0.25) is 5.02 Å². The molecule has 0 unspecified atom stereocenters.